The molecule has 9 nitrogen and oxygen atoms in total. The van der Waals surface area contributed by atoms with Crippen LogP contribution in [-0.2, 0) is 29.0 Å². The topological polar surface area (TPSA) is 130 Å². The minimum absolute atomic E-state index is 0.349. The Bertz CT molecular complexity index is 696. The Hall–Kier alpha value is -1.68. The van der Waals surface area contributed by atoms with Gasteiger partial charge in [-0.1, -0.05) is 0 Å². The van der Waals surface area contributed by atoms with E-state index in [-0.39, 0.29) is 6.61 Å². The molecule has 3 aliphatic rings. The van der Waals surface area contributed by atoms with E-state index in [0.29, 0.717) is 13.0 Å². The van der Waals surface area contributed by atoms with Crippen LogP contribution in [0.1, 0.15) is 26.7 Å². The van der Waals surface area contributed by atoms with Gasteiger partial charge in [-0.25, -0.2) is 13.2 Å². The number of ether oxygens (including phenoxy) is 1. The van der Waals surface area contributed by atoms with E-state index in [1.54, 1.807) is 0 Å². The number of esters is 1. The molecule has 10 heteroatoms. The van der Waals surface area contributed by atoms with Crippen molar-refractivity contribution < 1.29 is 32.6 Å². The van der Waals surface area contributed by atoms with E-state index in [0.717, 1.165) is 11.3 Å². The highest BCUT2D eigenvalue weighted by Crippen LogP contribution is 2.48. The highest BCUT2D eigenvalue weighted by Gasteiger charge is 2.72. The van der Waals surface area contributed by atoms with Crippen molar-refractivity contribution in [1.82, 2.24) is 10.2 Å². The second-order valence-electron chi connectivity index (χ2n) is 6.91. The molecule has 1 amide bonds. The lowest BCUT2D eigenvalue weighted by Gasteiger charge is -2.42. The summed E-state index contributed by atoms with van der Waals surface area (Å²) in [5.41, 5.74) is 0. The number of hydrogen-bond acceptors (Lipinski definition) is 7. The van der Waals surface area contributed by atoms with Gasteiger partial charge >= 0.3 is 11.9 Å². The first kappa shape index (κ1) is 17.2. The molecule has 3 rings (SSSR count). The van der Waals surface area contributed by atoms with Crippen LogP contribution in [0, 0.1) is 5.92 Å². The Morgan fingerprint density at radius 2 is 2.08 bits per heavy atom. The van der Waals surface area contributed by atoms with Crippen molar-refractivity contribution in [2.75, 3.05) is 13.2 Å². The van der Waals surface area contributed by atoms with Gasteiger partial charge in [0.1, 0.15) is 24.6 Å². The monoisotopic (exact) mass is 360 g/mol. The highest BCUT2D eigenvalue weighted by molar-refractivity contribution is 7.93. The summed E-state index contributed by atoms with van der Waals surface area (Å²) in [6.45, 7) is 2.97. The van der Waals surface area contributed by atoms with Gasteiger partial charge in [0.2, 0.25) is 5.91 Å². The number of fused-ring (bicyclic) bond motifs is 1. The fraction of sp³-hybridized carbons (Fsp3) is 0.786. The molecule has 0 bridgehead atoms. The largest absolute Gasteiger partial charge is 0.480 e. The number of aliphatic carboxylic acids is 1. The van der Waals surface area contributed by atoms with Crippen molar-refractivity contribution in [3.05, 3.63) is 0 Å². The molecule has 0 spiro atoms. The van der Waals surface area contributed by atoms with E-state index in [4.69, 9.17) is 4.74 Å². The lowest BCUT2D eigenvalue weighted by Crippen LogP contribution is -2.64. The zero-order valence-corrected chi connectivity index (χ0v) is 14.2. The average Bonchev–Trinajstić information content (AvgIpc) is 3.05. The van der Waals surface area contributed by atoms with Crippen molar-refractivity contribution in [3.63, 3.8) is 0 Å². The number of rotatable bonds is 4. The van der Waals surface area contributed by atoms with Crippen LogP contribution < -0.4 is 5.32 Å². The summed E-state index contributed by atoms with van der Waals surface area (Å²) in [6.07, 6.45) is 1.49. The zero-order chi connectivity index (χ0) is 17.9. The van der Waals surface area contributed by atoms with E-state index >= 15 is 0 Å². The van der Waals surface area contributed by atoms with Crippen molar-refractivity contribution in [1.29, 1.82) is 0 Å². The SMILES string of the molecule is CC1(C)[C@H](C(=O)O)N2C(=O)[C@@H](COC(=O)[C@@H]3CCCN3)[C@H]2S1(=O)=O. The molecule has 0 radical (unpaired) electrons. The maximum Gasteiger partial charge on any atom is 0.328 e. The van der Waals surface area contributed by atoms with Gasteiger partial charge in [-0.05, 0) is 33.2 Å². The van der Waals surface area contributed by atoms with E-state index in [9.17, 15) is 27.9 Å². The molecule has 3 aliphatic heterocycles. The Morgan fingerprint density at radius 1 is 1.42 bits per heavy atom. The van der Waals surface area contributed by atoms with Gasteiger partial charge in [0.15, 0.2) is 15.2 Å². The predicted octanol–water partition coefficient (Wildman–Crippen LogP) is -1.27. The van der Waals surface area contributed by atoms with E-state index in [1.165, 1.54) is 13.8 Å². The number of carboxylic acids is 1. The summed E-state index contributed by atoms with van der Waals surface area (Å²) in [7, 11) is -3.89. The quantitative estimate of drug-likeness (QED) is 0.469. The normalized spacial score (nSPS) is 36.1. The number of hydrogen-bond donors (Lipinski definition) is 2. The summed E-state index contributed by atoms with van der Waals surface area (Å²) in [5.74, 6) is -3.51. The third kappa shape index (κ3) is 2.16. The lowest BCUT2D eigenvalue weighted by atomic mass is 9.92. The van der Waals surface area contributed by atoms with Crippen LogP contribution in [0.4, 0.5) is 0 Å². The molecule has 2 N–H and O–H groups in total. The van der Waals surface area contributed by atoms with Crippen LogP contribution in [0.25, 0.3) is 0 Å². The fourth-order valence-corrected chi connectivity index (χ4v) is 6.02. The van der Waals surface area contributed by atoms with Gasteiger partial charge in [-0.15, -0.1) is 0 Å². The first-order chi connectivity index (χ1) is 11.1. The minimum Gasteiger partial charge on any atom is -0.480 e. The molecular weight excluding hydrogens is 340 g/mol. The van der Waals surface area contributed by atoms with E-state index in [2.05, 4.69) is 5.32 Å². The van der Waals surface area contributed by atoms with Gasteiger partial charge in [0.05, 0.1) is 4.75 Å². The van der Waals surface area contributed by atoms with Crippen LogP contribution in [0.5, 0.6) is 0 Å². The van der Waals surface area contributed by atoms with Crippen LogP contribution >= 0.6 is 0 Å². The van der Waals surface area contributed by atoms with E-state index in [1.807, 2.05) is 0 Å². The number of amides is 1. The van der Waals surface area contributed by atoms with Crippen LogP contribution in [-0.4, -0.2) is 71.6 Å². The maximum atomic E-state index is 12.6. The first-order valence-electron chi connectivity index (χ1n) is 7.79. The molecule has 3 heterocycles. The summed E-state index contributed by atoms with van der Waals surface area (Å²) in [6, 6.07) is -1.86. The molecule has 0 saturated carbocycles. The Balaban J connectivity index is 1.75. The van der Waals surface area contributed by atoms with Gasteiger partial charge in [-0.3, -0.25) is 9.59 Å². The van der Waals surface area contributed by atoms with Crippen molar-refractivity contribution in [3.8, 4) is 0 Å². The molecule has 0 unspecified atom stereocenters. The third-order valence-corrected chi connectivity index (χ3v) is 8.04. The summed E-state index contributed by atoms with van der Waals surface area (Å²) < 4.78 is 28.8. The number of nitrogens with one attached hydrogen (secondary N) is 1. The number of carbonyl (C=O) groups excluding carboxylic acids is 2. The number of carboxylic acid groups (broad SMARTS) is 1. The predicted molar refractivity (Wildman–Crippen MR) is 80.5 cm³/mol. The Morgan fingerprint density at radius 3 is 2.62 bits per heavy atom. The standard InChI is InChI=1S/C14H20N2O7S/c1-14(2)9(12(18)19)16-10(17)7(11(16)24(14,21)22)6-23-13(20)8-4-3-5-15-8/h7-9,11,15H,3-6H2,1-2H3,(H,18,19)/t7-,8+,9+,11-/m1/s1. The average molecular weight is 360 g/mol. The lowest BCUT2D eigenvalue weighted by molar-refractivity contribution is -0.169. The first-order valence-corrected chi connectivity index (χ1v) is 9.34. The summed E-state index contributed by atoms with van der Waals surface area (Å²) in [5, 5.41) is 11.0. The third-order valence-electron chi connectivity index (χ3n) is 5.16. The number of sulfone groups is 1. The second kappa shape index (κ2) is 5.41. The molecule has 0 aromatic carbocycles. The molecule has 134 valence electrons. The van der Waals surface area contributed by atoms with Crippen molar-refractivity contribution in [2.45, 2.75) is 48.9 Å². The Labute approximate surface area is 139 Å². The second-order valence-corrected chi connectivity index (χ2v) is 9.54. The smallest absolute Gasteiger partial charge is 0.328 e. The maximum absolute atomic E-state index is 12.6. The van der Waals surface area contributed by atoms with Gasteiger partial charge in [-0.2, -0.15) is 0 Å². The Kier molecular flexibility index (Phi) is 3.87. The number of β-lactam (4-membered cyclic amide) rings is 1. The minimum atomic E-state index is -3.89. The van der Waals surface area contributed by atoms with Crippen molar-refractivity contribution >= 4 is 27.7 Å². The van der Waals surface area contributed by atoms with Gasteiger partial charge in [0, 0.05) is 0 Å². The summed E-state index contributed by atoms with van der Waals surface area (Å²) >= 11 is 0. The molecule has 3 saturated heterocycles. The van der Waals surface area contributed by atoms with Crippen LogP contribution in [0.3, 0.4) is 0 Å². The molecule has 0 aromatic heterocycles. The van der Waals surface area contributed by atoms with Gasteiger partial charge in [0.25, 0.3) is 0 Å². The molecule has 4 atom stereocenters. The van der Waals surface area contributed by atoms with Crippen molar-refractivity contribution in [2.24, 2.45) is 5.92 Å². The summed E-state index contributed by atoms with van der Waals surface area (Å²) in [4.78, 5) is 36.5. The number of nitrogens with zero attached hydrogens (tertiary/aromatic N) is 1. The van der Waals surface area contributed by atoms with Crippen LogP contribution in [0.15, 0.2) is 0 Å². The van der Waals surface area contributed by atoms with Crippen LogP contribution in [0.2, 0.25) is 0 Å². The number of carbonyl (C=O) groups is 3. The molecule has 3 fully saturated rings. The molecular formula is C14H20N2O7S. The zero-order valence-electron chi connectivity index (χ0n) is 13.4. The molecule has 0 aromatic rings. The fourth-order valence-electron chi connectivity index (χ4n) is 3.72. The molecule has 24 heavy (non-hydrogen) atoms. The van der Waals surface area contributed by atoms with Gasteiger partial charge < -0.3 is 20.1 Å². The highest BCUT2D eigenvalue weighted by atomic mass is 32.2. The van der Waals surface area contributed by atoms with E-state index < -0.39 is 55.8 Å². The molecule has 0 aliphatic carbocycles.